The molecule has 19 heavy (non-hydrogen) atoms. The highest BCUT2D eigenvalue weighted by molar-refractivity contribution is 5.83. The van der Waals surface area contributed by atoms with Crippen LogP contribution in [0.4, 0.5) is 10.6 Å². The van der Waals surface area contributed by atoms with Crippen LogP contribution >= 0.6 is 0 Å². The summed E-state index contributed by atoms with van der Waals surface area (Å²) in [6.07, 6.45) is 2.95. The van der Waals surface area contributed by atoms with Crippen LogP contribution in [0.5, 0.6) is 0 Å². The molecule has 100 valence electrons. The number of rotatable bonds is 4. The molecule has 2 aromatic rings. The van der Waals surface area contributed by atoms with E-state index < -0.39 is 6.09 Å². The molecule has 0 saturated carbocycles. The van der Waals surface area contributed by atoms with E-state index in [9.17, 15) is 4.79 Å². The van der Waals surface area contributed by atoms with Crippen molar-refractivity contribution in [3.05, 3.63) is 48.4 Å². The Morgan fingerprint density at radius 1 is 1.37 bits per heavy atom. The van der Waals surface area contributed by atoms with Gasteiger partial charge in [-0.2, -0.15) is 0 Å². The van der Waals surface area contributed by atoms with Crippen LogP contribution in [0.3, 0.4) is 0 Å². The molecule has 0 radical (unpaired) electrons. The summed E-state index contributed by atoms with van der Waals surface area (Å²) in [6, 6.07) is 9.84. The van der Waals surface area contributed by atoms with Gasteiger partial charge in [0.25, 0.3) is 0 Å². The van der Waals surface area contributed by atoms with Crippen LogP contribution in [0.1, 0.15) is 25.5 Å². The van der Waals surface area contributed by atoms with E-state index in [0.29, 0.717) is 11.9 Å². The first-order valence-corrected chi connectivity index (χ1v) is 6.16. The third-order valence-electron chi connectivity index (χ3n) is 2.64. The second-order valence-corrected chi connectivity index (χ2v) is 4.49. The van der Waals surface area contributed by atoms with Crippen molar-refractivity contribution < 1.29 is 9.53 Å². The molecule has 0 aliphatic heterocycles. The van der Waals surface area contributed by atoms with Crippen molar-refractivity contribution in [3.63, 3.8) is 0 Å². The van der Waals surface area contributed by atoms with Gasteiger partial charge in [-0.3, -0.25) is 5.32 Å². The zero-order chi connectivity index (χ0) is 13.7. The molecule has 1 amide bonds. The molecule has 0 bridgehead atoms. The van der Waals surface area contributed by atoms with Gasteiger partial charge >= 0.3 is 6.09 Å². The molecule has 1 N–H and O–H groups in total. The van der Waals surface area contributed by atoms with Crippen molar-refractivity contribution in [2.45, 2.75) is 26.5 Å². The van der Waals surface area contributed by atoms with Gasteiger partial charge in [0.2, 0.25) is 0 Å². The first-order valence-electron chi connectivity index (χ1n) is 6.16. The van der Waals surface area contributed by atoms with Crippen LogP contribution < -0.4 is 5.32 Å². The summed E-state index contributed by atoms with van der Waals surface area (Å²) in [6.45, 7) is 4.33. The Morgan fingerprint density at radius 2 is 2.11 bits per heavy atom. The first-order chi connectivity index (χ1) is 9.15. The predicted molar refractivity (Wildman–Crippen MR) is 72.9 cm³/mol. The monoisotopic (exact) mass is 259 g/mol. The zero-order valence-corrected chi connectivity index (χ0v) is 11.0. The zero-order valence-electron chi connectivity index (χ0n) is 11.0. The van der Waals surface area contributed by atoms with Crippen LogP contribution in [0.15, 0.2) is 42.9 Å². The molecule has 1 heterocycles. The molecule has 0 aliphatic rings. The van der Waals surface area contributed by atoms with E-state index in [1.165, 1.54) is 0 Å². The topological polar surface area (TPSA) is 56.2 Å². The van der Waals surface area contributed by atoms with Crippen molar-refractivity contribution in [1.29, 1.82) is 0 Å². The molecule has 0 atom stereocenters. The summed E-state index contributed by atoms with van der Waals surface area (Å²) in [4.78, 5) is 15.7. The lowest BCUT2D eigenvalue weighted by molar-refractivity contribution is 0.155. The van der Waals surface area contributed by atoms with Gasteiger partial charge in [0.05, 0.1) is 6.33 Å². The number of nitrogens with one attached hydrogen (secondary N) is 1. The number of benzene rings is 1. The lowest BCUT2D eigenvalue weighted by Crippen LogP contribution is -2.13. The van der Waals surface area contributed by atoms with Gasteiger partial charge in [0, 0.05) is 12.2 Å². The lowest BCUT2D eigenvalue weighted by Gasteiger charge is -2.05. The maximum Gasteiger partial charge on any atom is 0.413 e. The van der Waals surface area contributed by atoms with Crippen LogP contribution in [-0.2, 0) is 11.3 Å². The van der Waals surface area contributed by atoms with Crippen molar-refractivity contribution in [2.75, 3.05) is 5.32 Å². The maximum absolute atomic E-state index is 11.6. The minimum atomic E-state index is -0.502. The number of hydrogen-bond acceptors (Lipinski definition) is 3. The molecule has 5 heteroatoms. The van der Waals surface area contributed by atoms with Gasteiger partial charge in [-0.25, -0.2) is 9.78 Å². The average Bonchev–Trinajstić information content (AvgIpc) is 2.86. The van der Waals surface area contributed by atoms with Crippen molar-refractivity contribution in [3.8, 4) is 0 Å². The predicted octanol–water partition coefficient (Wildman–Crippen LogP) is 3.21. The normalized spacial score (nSPS) is 10.5. The van der Waals surface area contributed by atoms with Gasteiger partial charge in [-0.1, -0.05) is 30.3 Å². The standard InChI is InChI=1S/C14H17N3O2/c1-11(2)17-8-13(15-10-17)16-14(18)19-9-12-6-4-3-5-7-12/h3-8,10-11H,9H2,1-2H3,(H,16,18). The number of imidazole rings is 1. The van der Waals surface area contributed by atoms with Crippen LogP contribution in [0, 0.1) is 0 Å². The van der Waals surface area contributed by atoms with Gasteiger partial charge in [-0.15, -0.1) is 0 Å². The molecule has 0 fully saturated rings. The van der Waals surface area contributed by atoms with Crippen molar-refractivity contribution in [2.24, 2.45) is 0 Å². The Labute approximate surface area is 112 Å². The summed E-state index contributed by atoms with van der Waals surface area (Å²) in [7, 11) is 0. The number of anilines is 1. The first kappa shape index (κ1) is 13.1. The Balaban J connectivity index is 1.84. The molecular formula is C14H17N3O2. The van der Waals surface area contributed by atoms with Crippen molar-refractivity contribution >= 4 is 11.9 Å². The number of amides is 1. The smallest absolute Gasteiger partial charge is 0.413 e. The van der Waals surface area contributed by atoms with Gasteiger partial charge in [0.15, 0.2) is 5.82 Å². The summed E-state index contributed by atoms with van der Waals surface area (Å²) in [5, 5.41) is 2.59. The number of aromatic nitrogens is 2. The highest BCUT2D eigenvalue weighted by atomic mass is 16.5. The highest BCUT2D eigenvalue weighted by Gasteiger charge is 2.07. The van der Waals surface area contributed by atoms with E-state index in [-0.39, 0.29) is 6.61 Å². The van der Waals surface area contributed by atoms with E-state index in [0.717, 1.165) is 5.56 Å². The Morgan fingerprint density at radius 3 is 2.74 bits per heavy atom. The Kier molecular flexibility index (Phi) is 4.18. The minimum absolute atomic E-state index is 0.248. The second kappa shape index (κ2) is 6.04. The summed E-state index contributed by atoms with van der Waals surface area (Å²) in [5.74, 6) is 0.492. The van der Waals surface area contributed by atoms with E-state index >= 15 is 0 Å². The van der Waals surface area contributed by atoms with E-state index in [1.54, 1.807) is 12.5 Å². The summed E-state index contributed by atoms with van der Waals surface area (Å²) in [5.41, 5.74) is 0.949. The average molecular weight is 259 g/mol. The third kappa shape index (κ3) is 3.84. The van der Waals surface area contributed by atoms with Crippen LogP contribution in [-0.4, -0.2) is 15.6 Å². The molecule has 1 aromatic carbocycles. The summed E-state index contributed by atoms with van der Waals surface area (Å²) < 4.78 is 7.01. The molecule has 1 aromatic heterocycles. The molecule has 0 unspecified atom stereocenters. The van der Waals surface area contributed by atoms with E-state index in [4.69, 9.17) is 4.74 Å². The van der Waals surface area contributed by atoms with Gasteiger partial charge in [-0.05, 0) is 19.4 Å². The van der Waals surface area contributed by atoms with Crippen LogP contribution in [0.25, 0.3) is 0 Å². The molecule has 0 aliphatic carbocycles. The fraction of sp³-hybridized carbons (Fsp3) is 0.286. The summed E-state index contributed by atoms with van der Waals surface area (Å²) >= 11 is 0. The minimum Gasteiger partial charge on any atom is -0.444 e. The number of carbonyl (C=O) groups excluding carboxylic acids is 1. The largest absolute Gasteiger partial charge is 0.444 e. The third-order valence-corrected chi connectivity index (χ3v) is 2.64. The van der Waals surface area contributed by atoms with Crippen molar-refractivity contribution in [1.82, 2.24) is 9.55 Å². The number of nitrogens with zero attached hydrogens (tertiary/aromatic N) is 2. The highest BCUT2D eigenvalue weighted by Crippen LogP contribution is 2.09. The Hall–Kier alpha value is -2.30. The molecular weight excluding hydrogens is 242 g/mol. The number of ether oxygens (including phenoxy) is 1. The fourth-order valence-electron chi connectivity index (χ4n) is 1.55. The maximum atomic E-state index is 11.6. The molecule has 5 nitrogen and oxygen atoms in total. The molecule has 2 rings (SSSR count). The fourth-order valence-corrected chi connectivity index (χ4v) is 1.55. The quantitative estimate of drug-likeness (QED) is 0.917. The van der Waals surface area contributed by atoms with E-state index in [1.807, 2.05) is 48.7 Å². The van der Waals surface area contributed by atoms with Crippen LogP contribution in [0.2, 0.25) is 0 Å². The lowest BCUT2D eigenvalue weighted by atomic mass is 10.2. The number of carbonyl (C=O) groups is 1. The SMILES string of the molecule is CC(C)n1cnc(NC(=O)OCc2ccccc2)c1. The van der Waals surface area contributed by atoms with Gasteiger partial charge in [0.1, 0.15) is 6.61 Å². The molecule has 0 spiro atoms. The van der Waals surface area contributed by atoms with Gasteiger partial charge < -0.3 is 9.30 Å². The van der Waals surface area contributed by atoms with E-state index in [2.05, 4.69) is 10.3 Å². The molecule has 0 saturated heterocycles. The Bertz CT molecular complexity index is 535. The second-order valence-electron chi connectivity index (χ2n) is 4.49. The number of hydrogen-bond donors (Lipinski definition) is 1.